The van der Waals surface area contributed by atoms with E-state index in [2.05, 4.69) is 13.8 Å². The molecule has 2 unspecified atom stereocenters. The van der Waals surface area contributed by atoms with Crippen LogP contribution in [0, 0.1) is 0 Å². The summed E-state index contributed by atoms with van der Waals surface area (Å²) in [6.07, 6.45) is 4.18. The zero-order valence-corrected chi connectivity index (χ0v) is 7.62. The molecule has 1 fully saturated rings. The molecule has 0 radical (unpaired) electrons. The molecule has 0 spiro atoms. The zero-order valence-electron chi connectivity index (χ0n) is 6.80. The van der Waals surface area contributed by atoms with Gasteiger partial charge in [0.05, 0.1) is 6.10 Å². The fourth-order valence-corrected chi connectivity index (χ4v) is 2.52. The summed E-state index contributed by atoms with van der Waals surface area (Å²) < 4.78 is 5.69. The lowest BCUT2D eigenvalue weighted by Crippen LogP contribution is -2.23. The second-order valence-electron chi connectivity index (χ2n) is 2.82. The second kappa shape index (κ2) is 4.24. The molecule has 1 rings (SSSR count). The summed E-state index contributed by atoms with van der Waals surface area (Å²) in [6.45, 7) is 4.38. The van der Waals surface area contributed by atoms with Crippen molar-refractivity contribution in [2.24, 2.45) is 0 Å². The van der Waals surface area contributed by atoms with Gasteiger partial charge in [-0.2, -0.15) is 0 Å². The molecule has 0 N–H and O–H groups in total. The van der Waals surface area contributed by atoms with Gasteiger partial charge >= 0.3 is 0 Å². The van der Waals surface area contributed by atoms with Crippen molar-refractivity contribution < 1.29 is 4.74 Å². The van der Waals surface area contributed by atoms with Crippen LogP contribution in [0.25, 0.3) is 0 Å². The van der Waals surface area contributed by atoms with E-state index in [0.29, 0.717) is 11.5 Å². The maximum absolute atomic E-state index is 5.69. The van der Waals surface area contributed by atoms with E-state index in [1.54, 1.807) is 0 Å². The lowest BCUT2D eigenvalue weighted by molar-refractivity contribution is 0.0341. The van der Waals surface area contributed by atoms with E-state index in [1.165, 1.54) is 25.0 Å². The number of thioether (sulfide) groups is 1. The Kier molecular flexibility index (Phi) is 3.57. The maximum atomic E-state index is 5.69. The Labute approximate surface area is 67.5 Å². The molecule has 0 aliphatic carbocycles. The lowest BCUT2D eigenvalue weighted by atomic mass is 10.3. The highest BCUT2D eigenvalue weighted by atomic mass is 32.2. The fourth-order valence-electron chi connectivity index (χ4n) is 1.12. The zero-order chi connectivity index (χ0) is 7.40. The Morgan fingerprint density at radius 1 is 1.60 bits per heavy atom. The summed E-state index contributed by atoms with van der Waals surface area (Å²) in [5.41, 5.74) is 0.494. The van der Waals surface area contributed by atoms with Crippen molar-refractivity contribution in [1.82, 2.24) is 0 Å². The molecule has 0 aromatic rings. The largest absolute Gasteiger partial charge is 0.365 e. The smallest absolute Gasteiger partial charge is 0.103 e. The quantitative estimate of drug-likeness (QED) is 0.614. The predicted octanol–water partition coefficient (Wildman–Crippen LogP) is 2.65. The molecule has 1 heterocycles. The average molecular weight is 160 g/mol. The van der Waals surface area contributed by atoms with Crippen molar-refractivity contribution in [3.05, 3.63) is 0 Å². The third kappa shape index (κ3) is 2.51. The van der Waals surface area contributed by atoms with Gasteiger partial charge in [-0.3, -0.25) is 0 Å². The summed E-state index contributed by atoms with van der Waals surface area (Å²) in [7, 11) is 0. The molecule has 10 heavy (non-hydrogen) atoms. The van der Waals surface area contributed by atoms with Crippen molar-refractivity contribution in [3.63, 3.8) is 0 Å². The molecule has 0 saturated carbocycles. The van der Waals surface area contributed by atoms with Crippen molar-refractivity contribution in [1.29, 1.82) is 0 Å². The average Bonchev–Trinajstić information content (AvgIpc) is 1.88. The monoisotopic (exact) mass is 160 g/mol. The first-order valence-corrected chi connectivity index (χ1v) is 5.15. The van der Waals surface area contributed by atoms with Crippen LogP contribution in [-0.4, -0.2) is 17.3 Å². The predicted molar refractivity (Wildman–Crippen MR) is 46.3 cm³/mol. The van der Waals surface area contributed by atoms with Gasteiger partial charge in [0.1, 0.15) is 5.44 Å². The van der Waals surface area contributed by atoms with E-state index in [9.17, 15) is 0 Å². The molecule has 1 aliphatic rings. The fraction of sp³-hybridized carbons (Fsp3) is 1.00. The SMILES string of the molecule is CCCC1OC(C)CCS1. The van der Waals surface area contributed by atoms with Crippen molar-refractivity contribution >= 4 is 11.8 Å². The van der Waals surface area contributed by atoms with E-state index in [4.69, 9.17) is 4.74 Å². The molecule has 2 atom stereocenters. The van der Waals surface area contributed by atoms with Crippen LogP contribution in [0.2, 0.25) is 0 Å². The van der Waals surface area contributed by atoms with E-state index < -0.39 is 0 Å². The van der Waals surface area contributed by atoms with Gasteiger partial charge < -0.3 is 4.74 Å². The van der Waals surface area contributed by atoms with Gasteiger partial charge in [0.25, 0.3) is 0 Å². The van der Waals surface area contributed by atoms with Gasteiger partial charge in [0.15, 0.2) is 0 Å². The number of hydrogen-bond donors (Lipinski definition) is 0. The Hall–Kier alpha value is 0.310. The molecule has 1 aliphatic heterocycles. The molecule has 0 aromatic carbocycles. The highest BCUT2D eigenvalue weighted by Gasteiger charge is 2.17. The van der Waals surface area contributed by atoms with Gasteiger partial charge in [-0.1, -0.05) is 13.3 Å². The van der Waals surface area contributed by atoms with Gasteiger partial charge in [-0.15, -0.1) is 11.8 Å². The van der Waals surface area contributed by atoms with E-state index in [0.717, 1.165) is 0 Å². The van der Waals surface area contributed by atoms with Crippen LogP contribution in [-0.2, 0) is 4.74 Å². The van der Waals surface area contributed by atoms with Crippen LogP contribution in [0.4, 0.5) is 0 Å². The van der Waals surface area contributed by atoms with E-state index >= 15 is 0 Å². The third-order valence-corrected chi connectivity index (χ3v) is 2.93. The Bertz CT molecular complexity index is 93.3. The minimum Gasteiger partial charge on any atom is -0.365 e. The topological polar surface area (TPSA) is 9.23 Å². The lowest BCUT2D eigenvalue weighted by Gasteiger charge is -2.26. The molecule has 2 heteroatoms. The van der Waals surface area contributed by atoms with Crippen molar-refractivity contribution in [2.75, 3.05) is 5.75 Å². The van der Waals surface area contributed by atoms with Gasteiger partial charge in [-0.05, 0) is 25.5 Å². The van der Waals surface area contributed by atoms with Crippen LogP contribution < -0.4 is 0 Å². The summed E-state index contributed by atoms with van der Waals surface area (Å²) in [6, 6.07) is 0. The number of hydrogen-bond acceptors (Lipinski definition) is 2. The van der Waals surface area contributed by atoms with E-state index in [-0.39, 0.29) is 0 Å². The van der Waals surface area contributed by atoms with Gasteiger partial charge in [-0.25, -0.2) is 0 Å². The number of ether oxygens (including phenoxy) is 1. The number of rotatable bonds is 2. The Morgan fingerprint density at radius 2 is 2.40 bits per heavy atom. The van der Waals surface area contributed by atoms with Crippen LogP contribution in [0.1, 0.15) is 33.1 Å². The molecular formula is C8H16OS. The first-order valence-electron chi connectivity index (χ1n) is 4.10. The van der Waals surface area contributed by atoms with Gasteiger partial charge in [0.2, 0.25) is 0 Å². The van der Waals surface area contributed by atoms with Crippen LogP contribution in [0.15, 0.2) is 0 Å². The molecule has 1 nitrogen and oxygen atoms in total. The van der Waals surface area contributed by atoms with Crippen LogP contribution in [0.3, 0.4) is 0 Å². The van der Waals surface area contributed by atoms with Gasteiger partial charge in [0, 0.05) is 0 Å². The van der Waals surface area contributed by atoms with Crippen molar-refractivity contribution in [3.8, 4) is 0 Å². The first kappa shape index (κ1) is 8.41. The molecular weight excluding hydrogens is 144 g/mol. The summed E-state index contributed by atoms with van der Waals surface area (Å²) in [5.74, 6) is 1.28. The molecule has 60 valence electrons. The van der Waals surface area contributed by atoms with Crippen LogP contribution >= 0.6 is 11.8 Å². The molecule has 0 amide bonds. The molecule has 0 bridgehead atoms. The Balaban J connectivity index is 2.18. The first-order chi connectivity index (χ1) is 4.83. The highest BCUT2D eigenvalue weighted by molar-refractivity contribution is 7.99. The summed E-state index contributed by atoms with van der Waals surface area (Å²) in [5, 5.41) is 0. The third-order valence-electron chi connectivity index (χ3n) is 1.74. The minimum absolute atomic E-state index is 0.494. The summed E-state index contributed by atoms with van der Waals surface area (Å²) >= 11 is 1.97. The standard InChI is InChI=1S/C8H16OS/c1-3-4-8-9-7(2)5-6-10-8/h7-8H,3-6H2,1-2H3. The van der Waals surface area contributed by atoms with E-state index in [1.807, 2.05) is 11.8 Å². The highest BCUT2D eigenvalue weighted by Crippen LogP contribution is 2.26. The normalized spacial score (nSPS) is 34.2. The maximum Gasteiger partial charge on any atom is 0.103 e. The van der Waals surface area contributed by atoms with Crippen molar-refractivity contribution in [2.45, 2.75) is 44.6 Å². The summed E-state index contributed by atoms with van der Waals surface area (Å²) in [4.78, 5) is 0. The van der Waals surface area contributed by atoms with Crippen LogP contribution in [0.5, 0.6) is 0 Å². The molecule has 0 aromatic heterocycles. The second-order valence-corrected chi connectivity index (χ2v) is 4.09. The molecule has 1 saturated heterocycles. The Morgan fingerprint density at radius 3 is 3.00 bits per heavy atom. The minimum atomic E-state index is 0.494.